The van der Waals surface area contributed by atoms with Crippen LogP contribution in [-0.4, -0.2) is 29.3 Å². The maximum atomic E-state index is 10.5. The Bertz CT molecular complexity index is 337. The van der Waals surface area contributed by atoms with E-state index >= 15 is 0 Å². The number of carbonyl (C=O) groups is 1. The lowest BCUT2D eigenvalue weighted by Crippen LogP contribution is -2.27. The van der Waals surface area contributed by atoms with Crippen molar-refractivity contribution in [3.05, 3.63) is 15.5 Å². The average molecular weight is 219 g/mol. The van der Waals surface area contributed by atoms with Crippen molar-refractivity contribution in [3.63, 3.8) is 0 Å². The fourth-order valence-electron chi connectivity index (χ4n) is 0.520. The number of rotatable bonds is 2. The molecule has 0 atom stereocenters. The summed E-state index contributed by atoms with van der Waals surface area (Å²) >= 11 is 6.90. The summed E-state index contributed by atoms with van der Waals surface area (Å²) in [5.41, 5.74) is 4.94. The molecule has 2 N–H and O–H groups in total. The van der Waals surface area contributed by atoms with Gasteiger partial charge in [-0.1, -0.05) is 11.6 Å². The van der Waals surface area contributed by atoms with Gasteiger partial charge in [-0.15, -0.1) is 11.3 Å². The van der Waals surface area contributed by atoms with Crippen LogP contribution in [0.5, 0.6) is 0 Å². The first kappa shape index (κ1) is 9.94. The highest BCUT2D eigenvalue weighted by molar-refractivity contribution is 7.17. The Morgan fingerprint density at radius 2 is 2.62 bits per heavy atom. The van der Waals surface area contributed by atoms with E-state index < -0.39 is 6.03 Å². The van der Waals surface area contributed by atoms with Crippen LogP contribution in [0.4, 0.5) is 4.79 Å². The number of urea groups is 1. The van der Waals surface area contributed by atoms with Crippen molar-refractivity contribution in [3.8, 4) is 0 Å². The summed E-state index contributed by atoms with van der Waals surface area (Å²) in [5, 5.41) is 5.36. The Kier molecular flexibility index (Phi) is 3.21. The van der Waals surface area contributed by atoms with Crippen LogP contribution in [0.2, 0.25) is 4.34 Å². The Morgan fingerprint density at radius 3 is 3.08 bits per heavy atom. The second-order valence-electron chi connectivity index (χ2n) is 2.11. The fraction of sp³-hybridized carbons (Fsp3) is 0.167. The number of carbonyl (C=O) groups excluding carboxylic acids is 1. The van der Waals surface area contributed by atoms with Crippen LogP contribution >= 0.6 is 22.9 Å². The van der Waals surface area contributed by atoms with Crippen LogP contribution < -0.4 is 5.73 Å². The molecule has 0 spiro atoms. The quantitative estimate of drug-likeness (QED) is 0.597. The van der Waals surface area contributed by atoms with E-state index in [1.165, 1.54) is 30.8 Å². The standard InChI is InChI=1S/C6H7ClN4OS/c1-11(6(8)12)10-3-5-9-2-4(7)13-5/h2-3H,1H3,(H2,8,12)/b10-3+. The molecule has 0 saturated heterocycles. The van der Waals surface area contributed by atoms with E-state index in [0.717, 1.165) is 5.01 Å². The molecule has 0 aliphatic carbocycles. The second kappa shape index (κ2) is 4.20. The van der Waals surface area contributed by atoms with Gasteiger partial charge < -0.3 is 5.73 Å². The highest BCUT2D eigenvalue weighted by atomic mass is 35.5. The Hall–Kier alpha value is -1.14. The molecular weight excluding hydrogens is 212 g/mol. The highest BCUT2D eigenvalue weighted by Crippen LogP contribution is 2.16. The van der Waals surface area contributed by atoms with Crippen molar-refractivity contribution in [1.29, 1.82) is 0 Å². The van der Waals surface area contributed by atoms with Crippen molar-refractivity contribution in [2.75, 3.05) is 7.05 Å². The Balaban J connectivity index is 2.63. The van der Waals surface area contributed by atoms with Crippen LogP contribution in [0.1, 0.15) is 5.01 Å². The molecule has 7 heteroatoms. The average Bonchev–Trinajstić information content (AvgIpc) is 2.47. The first-order chi connectivity index (χ1) is 6.09. The monoisotopic (exact) mass is 218 g/mol. The first-order valence-corrected chi connectivity index (χ1v) is 4.47. The van der Waals surface area contributed by atoms with Gasteiger partial charge in [0.25, 0.3) is 0 Å². The lowest BCUT2D eigenvalue weighted by molar-refractivity contribution is 0.220. The smallest absolute Gasteiger partial charge is 0.334 e. The molecule has 0 saturated carbocycles. The molecule has 0 fully saturated rings. The Morgan fingerprint density at radius 1 is 1.92 bits per heavy atom. The third-order valence-corrected chi connectivity index (χ3v) is 2.21. The summed E-state index contributed by atoms with van der Waals surface area (Å²) in [5.74, 6) is 0. The maximum absolute atomic E-state index is 10.5. The lowest BCUT2D eigenvalue weighted by atomic mass is 10.8. The van der Waals surface area contributed by atoms with Crippen LogP contribution in [0.25, 0.3) is 0 Å². The summed E-state index contributed by atoms with van der Waals surface area (Å²) in [4.78, 5) is 14.4. The van der Waals surface area contributed by atoms with Gasteiger partial charge in [-0.25, -0.2) is 14.8 Å². The third-order valence-electron chi connectivity index (χ3n) is 1.16. The maximum Gasteiger partial charge on any atom is 0.334 e. The van der Waals surface area contributed by atoms with E-state index in [2.05, 4.69) is 10.1 Å². The molecule has 0 aliphatic rings. The number of nitrogens with two attached hydrogens (primary N) is 1. The number of hydrogen-bond acceptors (Lipinski definition) is 4. The highest BCUT2D eigenvalue weighted by Gasteiger charge is 1.99. The molecule has 13 heavy (non-hydrogen) atoms. The fourth-order valence-corrected chi connectivity index (χ4v) is 1.32. The summed E-state index contributed by atoms with van der Waals surface area (Å²) in [6, 6.07) is -0.626. The molecule has 0 aliphatic heterocycles. The van der Waals surface area contributed by atoms with E-state index in [1.54, 1.807) is 0 Å². The number of hydrazone groups is 1. The predicted octanol–water partition coefficient (Wildman–Crippen LogP) is 1.14. The summed E-state index contributed by atoms with van der Waals surface area (Å²) in [6.07, 6.45) is 2.93. The minimum Gasteiger partial charge on any atom is -0.350 e. The number of amides is 2. The minimum atomic E-state index is -0.626. The molecule has 5 nitrogen and oxygen atoms in total. The van der Waals surface area contributed by atoms with Crippen LogP contribution in [0, 0.1) is 0 Å². The lowest BCUT2D eigenvalue weighted by Gasteiger charge is -2.04. The molecule has 1 aromatic heterocycles. The number of nitrogens with zero attached hydrogens (tertiary/aromatic N) is 3. The van der Waals surface area contributed by atoms with Gasteiger partial charge >= 0.3 is 6.03 Å². The SMILES string of the molecule is CN(/N=C/c1ncc(Cl)s1)C(N)=O. The van der Waals surface area contributed by atoms with Gasteiger partial charge in [-0.3, -0.25) is 0 Å². The van der Waals surface area contributed by atoms with Gasteiger partial charge in [-0.2, -0.15) is 5.10 Å². The van der Waals surface area contributed by atoms with Gasteiger partial charge in [0.2, 0.25) is 0 Å². The molecule has 70 valence electrons. The molecule has 1 rings (SSSR count). The van der Waals surface area contributed by atoms with Crippen molar-refractivity contribution in [1.82, 2.24) is 9.99 Å². The molecule has 1 heterocycles. The van der Waals surface area contributed by atoms with E-state index in [1.807, 2.05) is 0 Å². The number of hydrogen-bond donors (Lipinski definition) is 1. The van der Waals surface area contributed by atoms with Crippen molar-refractivity contribution < 1.29 is 4.79 Å². The largest absolute Gasteiger partial charge is 0.350 e. The van der Waals surface area contributed by atoms with Gasteiger partial charge in [0, 0.05) is 7.05 Å². The van der Waals surface area contributed by atoms with Crippen LogP contribution in [-0.2, 0) is 0 Å². The molecule has 1 aromatic rings. The first-order valence-electron chi connectivity index (χ1n) is 3.28. The summed E-state index contributed by atoms with van der Waals surface area (Å²) < 4.78 is 0.572. The zero-order chi connectivity index (χ0) is 9.84. The van der Waals surface area contributed by atoms with Gasteiger partial charge in [0.1, 0.15) is 9.34 Å². The molecule has 0 bridgehead atoms. The number of thiazole rings is 1. The predicted molar refractivity (Wildman–Crippen MR) is 52.1 cm³/mol. The second-order valence-corrected chi connectivity index (χ2v) is 3.80. The number of aromatic nitrogens is 1. The zero-order valence-corrected chi connectivity index (χ0v) is 8.34. The van der Waals surface area contributed by atoms with Gasteiger partial charge in [0.05, 0.1) is 12.4 Å². The number of primary amides is 1. The summed E-state index contributed by atoms with van der Waals surface area (Å²) in [6.45, 7) is 0. The van der Waals surface area contributed by atoms with Gasteiger partial charge in [-0.05, 0) is 0 Å². The number of halogens is 1. The molecule has 2 amide bonds. The van der Waals surface area contributed by atoms with E-state index in [4.69, 9.17) is 17.3 Å². The Labute approximate surface area is 83.8 Å². The zero-order valence-electron chi connectivity index (χ0n) is 6.77. The minimum absolute atomic E-state index is 0.572. The third kappa shape index (κ3) is 3.00. The van der Waals surface area contributed by atoms with Crippen molar-refractivity contribution in [2.45, 2.75) is 0 Å². The van der Waals surface area contributed by atoms with E-state index in [9.17, 15) is 4.79 Å². The van der Waals surface area contributed by atoms with E-state index in [-0.39, 0.29) is 0 Å². The van der Waals surface area contributed by atoms with Gasteiger partial charge in [0.15, 0.2) is 0 Å². The summed E-state index contributed by atoms with van der Waals surface area (Å²) in [7, 11) is 1.45. The molecule has 0 radical (unpaired) electrons. The van der Waals surface area contributed by atoms with Crippen LogP contribution in [0.15, 0.2) is 11.3 Å². The molecular formula is C6H7ClN4OS. The topological polar surface area (TPSA) is 71.6 Å². The normalized spacial score (nSPS) is 10.6. The molecule has 0 unspecified atom stereocenters. The van der Waals surface area contributed by atoms with Crippen molar-refractivity contribution in [2.24, 2.45) is 10.8 Å². The van der Waals surface area contributed by atoms with E-state index in [0.29, 0.717) is 9.34 Å². The van der Waals surface area contributed by atoms with Crippen molar-refractivity contribution >= 4 is 35.2 Å². The molecule has 0 aromatic carbocycles. The van der Waals surface area contributed by atoms with Crippen LogP contribution in [0.3, 0.4) is 0 Å².